The van der Waals surface area contributed by atoms with Gasteiger partial charge in [-0.2, -0.15) is 0 Å². The lowest BCUT2D eigenvalue weighted by molar-refractivity contribution is 0.376. The Morgan fingerprint density at radius 2 is 2.00 bits per heavy atom. The van der Waals surface area contributed by atoms with E-state index in [2.05, 4.69) is 0 Å². The summed E-state index contributed by atoms with van der Waals surface area (Å²) in [5, 5.41) is 10.6. The SMILES string of the molecule is COc1c(O)c(C)cc2oc(C)cc12. The summed E-state index contributed by atoms with van der Waals surface area (Å²) < 4.78 is 10.6. The number of ether oxygens (including phenoxy) is 1. The van der Waals surface area contributed by atoms with E-state index in [4.69, 9.17) is 9.15 Å². The van der Waals surface area contributed by atoms with Crippen molar-refractivity contribution < 1.29 is 14.3 Å². The molecule has 1 N–H and O–H groups in total. The van der Waals surface area contributed by atoms with Crippen molar-refractivity contribution in [1.29, 1.82) is 0 Å². The highest BCUT2D eigenvalue weighted by molar-refractivity contribution is 5.88. The first kappa shape index (κ1) is 8.94. The van der Waals surface area contributed by atoms with E-state index >= 15 is 0 Å². The predicted octanol–water partition coefficient (Wildman–Crippen LogP) is 2.76. The molecule has 0 unspecified atom stereocenters. The summed E-state index contributed by atoms with van der Waals surface area (Å²) >= 11 is 0. The summed E-state index contributed by atoms with van der Waals surface area (Å²) in [4.78, 5) is 0. The van der Waals surface area contributed by atoms with Gasteiger partial charge in [-0.05, 0) is 31.5 Å². The van der Waals surface area contributed by atoms with E-state index in [0.29, 0.717) is 5.75 Å². The third-order valence-electron chi connectivity index (χ3n) is 2.27. The fraction of sp³-hybridized carbons (Fsp3) is 0.273. The Morgan fingerprint density at radius 3 is 2.64 bits per heavy atom. The molecule has 74 valence electrons. The van der Waals surface area contributed by atoms with Gasteiger partial charge in [-0.25, -0.2) is 0 Å². The minimum absolute atomic E-state index is 0.181. The van der Waals surface area contributed by atoms with Crippen LogP contribution in [0.2, 0.25) is 0 Å². The Hall–Kier alpha value is -1.64. The molecule has 0 atom stereocenters. The largest absolute Gasteiger partial charge is 0.504 e. The van der Waals surface area contributed by atoms with Gasteiger partial charge in [-0.3, -0.25) is 0 Å². The molecule has 2 rings (SSSR count). The molecular formula is C11H12O3. The van der Waals surface area contributed by atoms with Crippen molar-refractivity contribution in [2.75, 3.05) is 7.11 Å². The van der Waals surface area contributed by atoms with Crippen LogP contribution in [0, 0.1) is 13.8 Å². The van der Waals surface area contributed by atoms with E-state index in [0.717, 1.165) is 22.3 Å². The minimum atomic E-state index is 0.181. The molecule has 0 aliphatic rings. The molecule has 0 bridgehead atoms. The predicted molar refractivity (Wildman–Crippen MR) is 53.9 cm³/mol. The summed E-state index contributed by atoms with van der Waals surface area (Å²) in [7, 11) is 1.54. The molecule has 3 nitrogen and oxygen atoms in total. The molecule has 0 aliphatic heterocycles. The lowest BCUT2D eigenvalue weighted by atomic mass is 10.1. The van der Waals surface area contributed by atoms with E-state index in [-0.39, 0.29) is 5.75 Å². The van der Waals surface area contributed by atoms with Crippen molar-refractivity contribution in [2.45, 2.75) is 13.8 Å². The molecule has 14 heavy (non-hydrogen) atoms. The molecule has 0 saturated carbocycles. The third kappa shape index (κ3) is 1.13. The van der Waals surface area contributed by atoms with Crippen molar-refractivity contribution in [3.63, 3.8) is 0 Å². The first-order chi connectivity index (χ1) is 6.63. The van der Waals surface area contributed by atoms with Crippen molar-refractivity contribution in [3.8, 4) is 11.5 Å². The van der Waals surface area contributed by atoms with Gasteiger partial charge in [-0.1, -0.05) is 0 Å². The summed E-state index contributed by atoms with van der Waals surface area (Å²) in [5.41, 5.74) is 1.50. The van der Waals surface area contributed by atoms with Gasteiger partial charge in [0.05, 0.1) is 12.5 Å². The van der Waals surface area contributed by atoms with Gasteiger partial charge in [0.15, 0.2) is 11.5 Å². The Kier molecular flexibility index (Phi) is 1.88. The second-order valence-electron chi connectivity index (χ2n) is 3.34. The molecule has 0 fully saturated rings. The van der Waals surface area contributed by atoms with Crippen LogP contribution < -0.4 is 4.74 Å². The summed E-state index contributed by atoms with van der Waals surface area (Å²) in [5.74, 6) is 1.47. The van der Waals surface area contributed by atoms with Crippen LogP contribution in [0.1, 0.15) is 11.3 Å². The van der Waals surface area contributed by atoms with E-state index in [9.17, 15) is 5.11 Å². The Balaban J connectivity index is 2.87. The first-order valence-corrected chi connectivity index (χ1v) is 4.40. The normalized spacial score (nSPS) is 10.8. The number of rotatable bonds is 1. The molecular weight excluding hydrogens is 180 g/mol. The number of aromatic hydroxyl groups is 1. The van der Waals surface area contributed by atoms with Gasteiger partial charge in [0.25, 0.3) is 0 Å². The second-order valence-corrected chi connectivity index (χ2v) is 3.34. The average molecular weight is 192 g/mol. The van der Waals surface area contributed by atoms with Crippen LogP contribution in [0.3, 0.4) is 0 Å². The molecule has 0 spiro atoms. The van der Waals surface area contributed by atoms with E-state index < -0.39 is 0 Å². The quantitative estimate of drug-likeness (QED) is 0.755. The van der Waals surface area contributed by atoms with Crippen LogP contribution in [-0.2, 0) is 0 Å². The van der Waals surface area contributed by atoms with Crippen LogP contribution in [0.5, 0.6) is 11.5 Å². The Morgan fingerprint density at radius 1 is 1.29 bits per heavy atom. The summed E-state index contributed by atoms with van der Waals surface area (Å²) in [6, 6.07) is 3.66. The molecule has 2 aromatic rings. The zero-order valence-corrected chi connectivity index (χ0v) is 8.42. The van der Waals surface area contributed by atoms with Crippen LogP contribution in [0.15, 0.2) is 16.5 Å². The number of benzene rings is 1. The van der Waals surface area contributed by atoms with Gasteiger partial charge >= 0.3 is 0 Å². The standard InChI is InChI=1S/C11H12O3/c1-6-4-9-8(5-7(2)14-9)11(13-3)10(6)12/h4-5,12H,1-3H3. The smallest absolute Gasteiger partial charge is 0.171 e. The minimum Gasteiger partial charge on any atom is -0.504 e. The average Bonchev–Trinajstić information content (AvgIpc) is 2.47. The molecule has 0 radical (unpaired) electrons. The van der Waals surface area contributed by atoms with Crippen molar-refractivity contribution in [1.82, 2.24) is 0 Å². The highest BCUT2D eigenvalue weighted by atomic mass is 16.5. The number of aryl methyl sites for hydroxylation is 2. The van der Waals surface area contributed by atoms with Gasteiger partial charge in [-0.15, -0.1) is 0 Å². The van der Waals surface area contributed by atoms with Gasteiger partial charge in [0.2, 0.25) is 0 Å². The van der Waals surface area contributed by atoms with Crippen LogP contribution >= 0.6 is 0 Å². The Labute approximate surface area is 81.9 Å². The molecule has 3 heteroatoms. The molecule has 0 amide bonds. The summed E-state index contributed by atoms with van der Waals surface area (Å²) in [6.07, 6.45) is 0. The van der Waals surface area contributed by atoms with Crippen LogP contribution in [0.4, 0.5) is 0 Å². The Bertz CT molecular complexity index is 483. The lowest BCUT2D eigenvalue weighted by Gasteiger charge is -2.06. The molecule has 0 aliphatic carbocycles. The van der Waals surface area contributed by atoms with E-state index in [1.807, 2.05) is 19.9 Å². The van der Waals surface area contributed by atoms with Crippen molar-refractivity contribution in [3.05, 3.63) is 23.5 Å². The monoisotopic (exact) mass is 192 g/mol. The maximum atomic E-state index is 9.74. The third-order valence-corrected chi connectivity index (χ3v) is 2.27. The van der Waals surface area contributed by atoms with Gasteiger partial charge < -0.3 is 14.3 Å². The zero-order chi connectivity index (χ0) is 10.3. The lowest BCUT2D eigenvalue weighted by Crippen LogP contribution is -1.86. The maximum Gasteiger partial charge on any atom is 0.171 e. The van der Waals surface area contributed by atoms with Crippen molar-refractivity contribution in [2.24, 2.45) is 0 Å². The highest BCUT2D eigenvalue weighted by Crippen LogP contribution is 2.38. The topological polar surface area (TPSA) is 42.6 Å². The van der Waals surface area contributed by atoms with Crippen molar-refractivity contribution >= 4 is 11.0 Å². The van der Waals surface area contributed by atoms with Crippen LogP contribution in [-0.4, -0.2) is 12.2 Å². The number of hydrogen-bond acceptors (Lipinski definition) is 3. The van der Waals surface area contributed by atoms with Crippen LogP contribution in [0.25, 0.3) is 11.0 Å². The molecule has 1 aromatic carbocycles. The number of methoxy groups -OCH3 is 1. The molecule has 0 saturated heterocycles. The number of hydrogen-bond donors (Lipinski definition) is 1. The number of phenolic OH excluding ortho intramolecular Hbond substituents is 1. The van der Waals surface area contributed by atoms with E-state index in [1.165, 1.54) is 7.11 Å². The fourth-order valence-electron chi connectivity index (χ4n) is 1.60. The number of furan rings is 1. The zero-order valence-electron chi connectivity index (χ0n) is 8.42. The van der Waals surface area contributed by atoms with Gasteiger partial charge in [0.1, 0.15) is 11.3 Å². The molecule has 1 aromatic heterocycles. The first-order valence-electron chi connectivity index (χ1n) is 4.40. The van der Waals surface area contributed by atoms with E-state index in [1.54, 1.807) is 6.07 Å². The highest BCUT2D eigenvalue weighted by Gasteiger charge is 2.13. The summed E-state index contributed by atoms with van der Waals surface area (Å²) in [6.45, 7) is 3.68. The molecule has 1 heterocycles. The second kappa shape index (κ2) is 2.94. The fourth-order valence-corrected chi connectivity index (χ4v) is 1.60. The number of fused-ring (bicyclic) bond motifs is 1. The maximum absolute atomic E-state index is 9.74. The number of phenols is 1. The van der Waals surface area contributed by atoms with Gasteiger partial charge in [0, 0.05) is 0 Å².